The second-order valence-corrected chi connectivity index (χ2v) is 3.50. The topological polar surface area (TPSA) is 44.0 Å². The van der Waals surface area contributed by atoms with Crippen molar-refractivity contribution in [2.75, 3.05) is 0 Å². The summed E-state index contributed by atoms with van der Waals surface area (Å²) in [4.78, 5) is 0. The molecule has 0 amide bonds. The normalized spacial score (nSPS) is 14.4. The highest BCUT2D eigenvalue weighted by molar-refractivity contribution is 5.25. The SMILES string of the molecule is CCC(C#N)C(O)c1cccc(C)c1. The molecule has 0 radical (unpaired) electrons. The molecule has 0 bridgehead atoms. The van der Waals surface area contributed by atoms with E-state index in [0.717, 1.165) is 11.1 Å². The van der Waals surface area contributed by atoms with E-state index < -0.39 is 6.10 Å². The first-order valence-electron chi connectivity index (χ1n) is 4.83. The van der Waals surface area contributed by atoms with Crippen molar-refractivity contribution in [2.45, 2.75) is 26.4 Å². The van der Waals surface area contributed by atoms with E-state index in [4.69, 9.17) is 5.26 Å². The number of benzene rings is 1. The number of rotatable bonds is 3. The van der Waals surface area contributed by atoms with Crippen LogP contribution in [0.15, 0.2) is 24.3 Å². The van der Waals surface area contributed by atoms with Crippen molar-refractivity contribution < 1.29 is 5.11 Å². The van der Waals surface area contributed by atoms with Gasteiger partial charge >= 0.3 is 0 Å². The number of hydrogen-bond donors (Lipinski definition) is 1. The average Bonchev–Trinajstić information content (AvgIpc) is 2.19. The number of nitrogens with zero attached hydrogens (tertiary/aromatic N) is 1. The Morgan fingerprint density at radius 3 is 2.71 bits per heavy atom. The lowest BCUT2D eigenvalue weighted by molar-refractivity contribution is 0.132. The van der Waals surface area contributed by atoms with E-state index in [9.17, 15) is 5.11 Å². The van der Waals surface area contributed by atoms with Gasteiger partial charge in [0.25, 0.3) is 0 Å². The lowest BCUT2D eigenvalue weighted by Gasteiger charge is -2.15. The summed E-state index contributed by atoms with van der Waals surface area (Å²) in [6.45, 7) is 3.89. The molecule has 0 spiro atoms. The molecule has 0 aromatic heterocycles. The first-order valence-corrected chi connectivity index (χ1v) is 4.83. The van der Waals surface area contributed by atoms with Crippen molar-refractivity contribution in [3.63, 3.8) is 0 Å². The number of nitriles is 1. The second kappa shape index (κ2) is 4.78. The Morgan fingerprint density at radius 1 is 1.50 bits per heavy atom. The van der Waals surface area contributed by atoms with Gasteiger partial charge in [-0.3, -0.25) is 0 Å². The van der Waals surface area contributed by atoms with Crippen molar-refractivity contribution in [3.8, 4) is 6.07 Å². The minimum Gasteiger partial charge on any atom is -0.387 e. The molecule has 0 heterocycles. The average molecular weight is 189 g/mol. The highest BCUT2D eigenvalue weighted by Crippen LogP contribution is 2.24. The minimum absolute atomic E-state index is 0.309. The van der Waals surface area contributed by atoms with Gasteiger partial charge in [0.15, 0.2) is 0 Å². The smallest absolute Gasteiger partial charge is 0.0948 e. The maximum absolute atomic E-state index is 9.88. The number of aryl methyl sites for hydroxylation is 1. The molecule has 2 heteroatoms. The molecule has 0 aliphatic rings. The van der Waals surface area contributed by atoms with Gasteiger partial charge in [-0.1, -0.05) is 36.8 Å². The zero-order chi connectivity index (χ0) is 10.6. The van der Waals surface area contributed by atoms with E-state index in [1.807, 2.05) is 38.1 Å². The second-order valence-electron chi connectivity index (χ2n) is 3.50. The molecular formula is C12H15NO. The van der Waals surface area contributed by atoms with E-state index >= 15 is 0 Å². The Balaban J connectivity index is 2.89. The monoisotopic (exact) mass is 189 g/mol. The van der Waals surface area contributed by atoms with Crippen LogP contribution >= 0.6 is 0 Å². The fourth-order valence-corrected chi connectivity index (χ4v) is 1.47. The zero-order valence-electron chi connectivity index (χ0n) is 8.57. The molecule has 14 heavy (non-hydrogen) atoms. The third kappa shape index (κ3) is 2.34. The molecule has 74 valence electrons. The van der Waals surface area contributed by atoms with Crippen LogP contribution in [0.5, 0.6) is 0 Å². The van der Waals surface area contributed by atoms with Crippen LogP contribution in [0.1, 0.15) is 30.6 Å². The van der Waals surface area contributed by atoms with Gasteiger partial charge in [0.05, 0.1) is 18.1 Å². The van der Waals surface area contributed by atoms with Crippen LogP contribution in [0.4, 0.5) is 0 Å². The molecule has 0 fully saturated rings. The summed E-state index contributed by atoms with van der Waals surface area (Å²) >= 11 is 0. The molecule has 1 rings (SSSR count). The van der Waals surface area contributed by atoms with Gasteiger partial charge in [0.1, 0.15) is 0 Å². The van der Waals surface area contributed by atoms with Crippen LogP contribution in [0.25, 0.3) is 0 Å². The molecule has 0 saturated heterocycles. The molecule has 0 saturated carbocycles. The number of aliphatic hydroxyl groups excluding tert-OH is 1. The molecule has 2 atom stereocenters. The Kier molecular flexibility index (Phi) is 3.67. The number of aliphatic hydroxyl groups is 1. The van der Waals surface area contributed by atoms with E-state index in [1.165, 1.54) is 0 Å². The number of hydrogen-bond acceptors (Lipinski definition) is 2. The summed E-state index contributed by atoms with van der Waals surface area (Å²) in [5.74, 6) is -0.309. The predicted octanol–water partition coefficient (Wildman–Crippen LogP) is 2.58. The summed E-state index contributed by atoms with van der Waals surface area (Å²) in [7, 11) is 0. The first kappa shape index (κ1) is 10.7. The van der Waals surface area contributed by atoms with Crippen molar-refractivity contribution in [2.24, 2.45) is 5.92 Å². The van der Waals surface area contributed by atoms with E-state index in [1.54, 1.807) is 0 Å². The highest BCUT2D eigenvalue weighted by atomic mass is 16.3. The van der Waals surface area contributed by atoms with Crippen LogP contribution in [0.3, 0.4) is 0 Å². The standard InChI is InChI=1S/C12H15NO/c1-3-10(8-13)12(14)11-6-4-5-9(2)7-11/h4-7,10,12,14H,3H2,1-2H3. The molecule has 0 aliphatic carbocycles. The van der Waals surface area contributed by atoms with Gasteiger partial charge in [0.2, 0.25) is 0 Å². The van der Waals surface area contributed by atoms with Crippen molar-refractivity contribution in [1.82, 2.24) is 0 Å². The largest absolute Gasteiger partial charge is 0.387 e. The van der Waals surface area contributed by atoms with Gasteiger partial charge in [-0.15, -0.1) is 0 Å². The van der Waals surface area contributed by atoms with Gasteiger partial charge < -0.3 is 5.11 Å². The molecule has 2 unspecified atom stereocenters. The maximum Gasteiger partial charge on any atom is 0.0948 e. The minimum atomic E-state index is -0.662. The van der Waals surface area contributed by atoms with Crippen LogP contribution in [-0.4, -0.2) is 5.11 Å². The molecule has 2 nitrogen and oxygen atoms in total. The third-order valence-electron chi connectivity index (χ3n) is 2.37. The maximum atomic E-state index is 9.88. The highest BCUT2D eigenvalue weighted by Gasteiger charge is 2.18. The van der Waals surface area contributed by atoms with Gasteiger partial charge in [0, 0.05) is 0 Å². The summed E-state index contributed by atoms with van der Waals surface area (Å²) in [5.41, 5.74) is 1.94. The van der Waals surface area contributed by atoms with Crippen molar-refractivity contribution >= 4 is 0 Å². The molecule has 1 aromatic carbocycles. The van der Waals surface area contributed by atoms with Gasteiger partial charge in [-0.25, -0.2) is 0 Å². The lowest BCUT2D eigenvalue weighted by Crippen LogP contribution is -2.09. The van der Waals surface area contributed by atoms with Gasteiger partial charge in [-0.05, 0) is 18.9 Å². The Hall–Kier alpha value is -1.33. The van der Waals surface area contributed by atoms with Gasteiger partial charge in [-0.2, -0.15) is 5.26 Å². The van der Waals surface area contributed by atoms with Crippen LogP contribution in [-0.2, 0) is 0 Å². The molecule has 1 N–H and O–H groups in total. The third-order valence-corrected chi connectivity index (χ3v) is 2.37. The summed E-state index contributed by atoms with van der Waals surface area (Å²) in [6.07, 6.45) is 0.0101. The van der Waals surface area contributed by atoms with E-state index in [-0.39, 0.29) is 5.92 Å². The molecule has 0 aliphatic heterocycles. The van der Waals surface area contributed by atoms with Crippen LogP contribution in [0.2, 0.25) is 0 Å². The van der Waals surface area contributed by atoms with Crippen molar-refractivity contribution in [1.29, 1.82) is 5.26 Å². The Morgan fingerprint density at radius 2 is 2.21 bits per heavy atom. The fraction of sp³-hybridized carbons (Fsp3) is 0.417. The fourth-order valence-electron chi connectivity index (χ4n) is 1.47. The van der Waals surface area contributed by atoms with Crippen LogP contribution < -0.4 is 0 Å². The quantitative estimate of drug-likeness (QED) is 0.794. The van der Waals surface area contributed by atoms with Crippen molar-refractivity contribution in [3.05, 3.63) is 35.4 Å². The first-order chi connectivity index (χ1) is 6.69. The van der Waals surface area contributed by atoms with E-state index in [2.05, 4.69) is 6.07 Å². The summed E-state index contributed by atoms with van der Waals surface area (Å²) < 4.78 is 0. The zero-order valence-corrected chi connectivity index (χ0v) is 8.57. The molecular weight excluding hydrogens is 174 g/mol. The van der Waals surface area contributed by atoms with Crippen LogP contribution in [0, 0.1) is 24.2 Å². The lowest BCUT2D eigenvalue weighted by atomic mass is 9.94. The Labute approximate surface area is 84.8 Å². The summed E-state index contributed by atoms with van der Waals surface area (Å²) in [5, 5.41) is 18.7. The summed E-state index contributed by atoms with van der Waals surface area (Å²) in [6, 6.07) is 9.78. The predicted molar refractivity (Wildman–Crippen MR) is 55.5 cm³/mol. The van der Waals surface area contributed by atoms with E-state index in [0.29, 0.717) is 6.42 Å². The molecule has 1 aromatic rings. The Bertz CT molecular complexity index is 340.